The quantitative estimate of drug-likeness (QED) is 0.250. The summed E-state index contributed by atoms with van der Waals surface area (Å²) in [5.74, 6) is 3.38. The first-order chi connectivity index (χ1) is 21.0. The maximum absolute atomic E-state index is 14.0. The van der Waals surface area contributed by atoms with E-state index in [-0.39, 0.29) is 43.2 Å². The van der Waals surface area contributed by atoms with Crippen LogP contribution in [0.25, 0.3) is 0 Å². The molecule has 0 aliphatic rings. The van der Waals surface area contributed by atoms with Gasteiger partial charge in [0, 0.05) is 55.0 Å². The van der Waals surface area contributed by atoms with Crippen LogP contribution in [0.5, 0.6) is 0 Å². The lowest BCUT2D eigenvalue weighted by atomic mass is 10.00. The van der Waals surface area contributed by atoms with Gasteiger partial charge in [0.2, 0.25) is 0 Å². The molecule has 0 aliphatic carbocycles. The Morgan fingerprint density at radius 2 is 1.50 bits per heavy atom. The Balaban J connectivity index is 1.94. The summed E-state index contributed by atoms with van der Waals surface area (Å²) < 4.78 is 27.5. The summed E-state index contributed by atoms with van der Waals surface area (Å²) in [5.41, 5.74) is 9.33. The van der Waals surface area contributed by atoms with Gasteiger partial charge in [-0.15, -0.1) is 0 Å². The second kappa shape index (κ2) is 16.7. The first kappa shape index (κ1) is 34.4. The molecule has 0 unspecified atom stereocenters. The maximum atomic E-state index is 14.0. The SMILES string of the molecule is CCCN(CCC)C(=O)c1cc(C)cc(C(=O)N(Cc2cccc(C#CCO)c2)C[C@@H](O)[C@@H](N)Cc2cc(F)cc(F)c2)c1. The van der Waals surface area contributed by atoms with Gasteiger partial charge >= 0.3 is 0 Å². The molecular formula is C35H41F2N3O4. The number of rotatable bonds is 13. The topological polar surface area (TPSA) is 107 Å². The second-order valence-corrected chi connectivity index (χ2v) is 10.9. The van der Waals surface area contributed by atoms with Gasteiger partial charge in [0.25, 0.3) is 11.8 Å². The molecule has 0 radical (unpaired) electrons. The number of aliphatic hydroxyl groups excluding tert-OH is 2. The smallest absolute Gasteiger partial charge is 0.254 e. The van der Waals surface area contributed by atoms with Crippen LogP contribution in [0.2, 0.25) is 0 Å². The van der Waals surface area contributed by atoms with Crippen molar-refractivity contribution >= 4 is 11.8 Å². The lowest BCUT2D eigenvalue weighted by Gasteiger charge is -2.29. The maximum Gasteiger partial charge on any atom is 0.254 e. The average molecular weight is 606 g/mol. The first-order valence-corrected chi connectivity index (χ1v) is 14.8. The van der Waals surface area contributed by atoms with Gasteiger partial charge in [0.05, 0.1) is 6.10 Å². The summed E-state index contributed by atoms with van der Waals surface area (Å²) in [7, 11) is 0. The first-order valence-electron chi connectivity index (χ1n) is 14.8. The van der Waals surface area contributed by atoms with Crippen LogP contribution >= 0.6 is 0 Å². The van der Waals surface area contributed by atoms with E-state index in [2.05, 4.69) is 11.8 Å². The third kappa shape index (κ3) is 9.98. The van der Waals surface area contributed by atoms with E-state index in [1.54, 1.807) is 41.3 Å². The minimum absolute atomic E-state index is 0.0160. The minimum atomic E-state index is -1.24. The Labute approximate surface area is 258 Å². The molecule has 0 bridgehead atoms. The molecular weight excluding hydrogens is 564 g/mol. The number of aryl methyl sites for hydroxylation is 1. The molecule has 4 N–H and O–H groups in total. The molecule has 9 heteroatoms. The molecule has 3 aromatic rings. The molecule has 0 spiro atoms. The molecule has 2 amide bonds. The highest BCUT2D eigenvalue weighted by Crippen LogP contribution is 2.19. The van der Waals surface area contributed by atoms with Crippen LogP contribution in [-0.2, 0) is 13.0 Å². The Morgan fingerprint density at radius 3 is 2.09 bits per heavy atom. The van der Waals surface area contributed by atoms with Crippen LogP contribution in [-0.4, -0.2) is 70.2 Å². The fourth-order valence-corrected chi connectivity index (χ4v) is 5.08. The highest BCUT2D eigenvalue weighted by molar-refractivity contribution is 6.00. The molecule has 2 atom stereocenters. The van der Waals surface area contributed by atoms with Crippen molar-refractivity contribution in [2.24, 2.45) is 5.73 Å². The Hall–Kier alpha value is -4.10. The van der Waals surface area contributed by atoms with Crippen LogP contribution in [0.3, 0.4) is 0 Å². The summed E-state index contributed by atoms with van der Waals surface area (Å²) in [6.07, 6.45) is 0.356. The number of aliphatic hydroxyl groups is 2. The summed E-state index contributed by atoms with van der Waals surface area (Å²) in [6, 6.07) is 14.3. The predicted molar refractivity (Wildman–Crippen MR) is 167 cm³/mol. The highest BCUT2D eigenvalue weighted by atomic mass is 19.1. The largest absolute Gasteiger partial charge is 0.390 e. The van der Waals surface area contributed by atoms with E-state index < -0.39 is 29.7 Å². The average Bonchev–Trinajstić information content (AvgIpc) is 2.98. The van der Waals surface area contributed by atoms with E-state index in [0.29, 0.717) is 24.2 Å². The molecule has 3 rings (SSSR count). The predicted octanol–water partition coefficient (Wildman–Crippen LogP) is 4.45. The number of hydrogen-bond donors (Lipinski definition) is 3. The molecule has 0 saturated carbocycles. The number of halogens is 2. The van der Waals surface area contributed by atoms with E-state index in [1.165, 1.54) is 4.90 Å². The summed E-state index contributed by atoms with van der Waals surface area (Å²) in [5, 5.41) is 20.2. The molecule has 3 aromatic carbocycles. The van der Waals surface area contributed by atoms with Crippen molar-refractivity contribution in [2.75, 3.05) is 26.2 Å². The standard InChI is InChI=1S/C35H41F2N3O4/c1-4-11-39(12-5-2)34(43)28-14-24(3)15-29(20-28)35(44)40(22-26-9-6-8-25(16-26)10-7-13-41)23-33(42)32(38)19-27-17-30(36)21-31(37)18-27/h6,8-9,14-18,20-21,32-33,41-42H,4-5,11-13,19,22-23,38H2,1-3H3/t32-,33+/m0/s1. The Kier molecular flexibility index (Phi) is 13.0. The van der Waals surface area contributed by atoms with Crippen molar-refractivity contribution in [1.82, 2.24) is 9.80 Å². The van der Waals surface area contributed by atoms with Crippen molar-refractivity contribution in [3.05, 3.63) is 106 Å². The lowest BCUT2D eigenvalue weighted by Crippen LogP contribution is -2.46. The zero-order chi connectivity index (χ0) is 32.2. The number of carbonyl (C=O) groups excluding carboxylic acids is 2. The summed E-state index contributed by atoms with van der Waals surface area (Å²) >= 11 is 0. The van der Waals surface area contributed by atoms with Gasteiger partial charge in [-0.1, -0.05) is 37.8 Å². The van der Waals surface area contributed by atoms with Gasteiger partial charge in [-0.25, -0.2) is 8.78 Å². The zero-order valence-electron chi connectivity index (χ0n) is 25.5. The van der Waals surface area contributed by atoms with Gasteiger partial charge in [-0.05, 0) is 85.3 Å². The van der Waals surface area contributed by atoms with Crippen molar-refractivity contribution in [3.8, 4) is 11.8 Å². The Bertz CT molecular complexity index is 1470. The molecule has 0 aliphatic heterocycles. The van der Waals surface area contributed by atoms with E-state index in [0.717, 1.165) is 42.2 Å². The molecule has 0 fully saturated rings. The van der Waals surface area contributed by atoms with Gasteiger partial charge in [-0.2, -0.15) is 0 Å². The number of nitrogens with two attached hydrogens (primary N) is 1. The third-order valence-corrected chi connectivity index (χ3v) is 7.04. The van der Waals surface area contributed by atoms with Crippen LogP contribution in [0, 0.1) is 30.4 Å². The number of benzene rings is 3. The van der Waals surface area contributed by atoms with Gasteiger partial charge < -0.3 is 25.7 Å². The minimum Gasteiger partial charge on any atom is -0.390 e. The molecule has 0 saturated heterocycles. The third-order valence-electron chi connectivity index (χ3n) is 7.04. The highest BCUT2D eigenvalue weighted by Gasteiger charge is 2.25. The lowest BCUT2D eigenvalue weighted by molar-refractivity contribution is 0.0554. The van der Waals surface area contributed by atoms with Crippen LogP contribution in [0.15, 0.2) is 60.7 Å². The number of amides is 2. The van der Waals surface area contributed by atoms with Gasteiger partial charge in [0.15, 0.2) is 0 Å². The van der Waals surface area contributed by atoms with E-state index in [1.807, 2.05) is 26.8 Å². The Morgan fingerprint density at radius 1 is 0.886 bits per heavy atom. The van der Waals surface area contributed by atoms with Crippen molar-refractivity contribution in [3.63, 3.8) is 0 Å². The van der Waals surface area contributed by atoms with Crippen molar-refractivity contribution < 1.29 is 28.6 Å². The van der Waals surface area contributed by atoms with Gasteiger partial charge in [0.1, 0.15) is 18.2 Å². The van der Waals surface area contributed by atoms with Crippen molar-refractivity contribution in [1.29, 1.82) is 0 Å². The molecule has 234 valence electrons. The summed E-state index contributed by atoms with van der Waals surface area (Å²) in [6.45, 7) is 6.63. The molecule has 0 aromatic heterocycles. The van der Waals surface area contributed by atoms with Crippen LogP contribution in [0.4, 0.5) is 8.78 Å². The summed E-state index contributed by atoms with van der Waals surface area (Å²) in [4.78, 5) is 30.6. The van der Waals surface area contributed by atoms with Crippen LogP contribution < -0.4 is 5.73 Å². The zero-order valence-corrected chi connectivity index (χ0v) is 25.5. The van der Waals surface area contributed by atoms with Crippen LogP contribution in [0.1, 0.15) is 69.7 Å². The second-order valence-electron chi connectivity index (χ2n) is 10.9. The number of nitrogens with zero attached hydrogens (tertiary/aromatic N) is 2. The number of hydrogen-bond acceptors (Lipinski definition) is 5. The molecule has 7 nitrogen and oxygen atoms in total. The normalized spacial score (nSPS) is 12.2. The van der Waals surface area contributed by atoms with Gasteiger partial charge in [-0.3, -0.25) is 9.59 Å². The van der Waals surface area contributed by atoms with E-state index >= 15 is 0 Å². The fraction of sp³-hybridized carbons (Fsp3) is 0.371. The molecule has 44 heavy (non-hydrogen) atoms. The van der Waals surface area contributed by atoms with E-state index in [4.69, 9.17) is 10.8 Å². The van der Waals surface area contributed by atoms with E-state index in [9.17, 15) is 23.5 Å². The fourth-order valence-electron chi connectivity index (χ4n) is 5.08. The number of carbonyl (C=O) groups is 2. The van der Waals surface area contributed by atoms with Crippen molar-refractivity contribution in [2.45, 2.75) is 58.7 Å². The molecule has 0 heterocycles. The monoisotopic (exact) mass is 605 g/mol.